The molecule has 0 aromatic heterocycles. The fourth-order valence-electron chi connectivity index (χ4n) is 4.38. The van der Waals surface area contributed by atoms with Crippen molar-refractivity contribution in [1.29, 1.82) is 0 Å². The fourth-order valence-corrected chi connectivity index (χ4v) is 5.03. The molecule has 1 nitrogen and oxygen atoms in total. The molecule has 0 saturated heterocycles. The minimum atomic E-state index is 0.782. The van der Waals surface area contributed by atoms with Gasteiger partial charge in [0.2, 0.25) is 0 Å². The highest BCUT2D eigenvalue weighted by molar-refractivity contribution is 9.09. The van der Waals surface area contributed by atoms with Gasteiger partial charge in [0.15, 0.2) is 0 Å². The van der Waals surface area contributed by atoms with Crippen molar-refractivity contribution in [3.05, 3.63) is 0 Å². The van der Waals surface area contributed by atoms with Crippen molar-refractivity contribution in [3.63, 3.8) is 0 Å². The molecule has 0 rings (SSSR count). The molecule has 0 saturated carbocycles. The number of alkyl halides is 1. The fraction of sp³-hybridized carbons (Fsp3) is 1.00. The van der Waals surface area contributed by atoms with Gasteiger partial charge in [-0.15, -0.1) is 0 Å². The molecule has 0 aliphatic heterocycles. The first-order chi connectivity index (χ1) is 15.7. The molecule has 0 aliphatic rings. The van der Waals surface area contributed by atoms with Gasteiger partial charge in [-0.25, -0.2) is 0 Å². The smallest absolute Gasteiger partial charge is 0.0145 e. The Morgan fingerprint density at radius 2 is 0.594 bits per heavy atom. The second-order valence-electron chi connectivity index (χ2n) is 10.1. The molecule has 0 radical (unpaired) electrons. The maximum Gasteiger partial charge on any atom is 0.0145 e. The zero-order valence-corrected chi connectivity index (χ0v) is 24.7. The van der Waals surface area contributed by atoms with E-state index in [-0.39, 0.29) is 0 Å². The lowest BCUT2D eigenvalue weighted by atomic mass is 10.0. The maximum atomic E-state index is 3.92. The van der Waals surface area contributed by atoms with Gasteiger partial charge in [0.25, 0.3) is 0 Å². The summed E-state index contributed by atoms with van der Waals surface area (Å²) in [4.78, 5) is 0.782. The Kier molecular flexibility index (Phi) is 36.3. The molecular weight excluding hydrogens is 454 g/mol. The molecule has 0 aromatic carbocycles. The molecule has 0 bridgehead atoms. The largest absolute Gasteiger partial charge is 0.323 e. The summed E-state index contributed by atoms with van der Waals surface area (Å²) in [5, 5.41) is 2.75. The Morgan fingerprint density at radius 3 is 0.812 bits per heavy atom. The van der Waals surface area contributed by atoms with E-state index in [0.29, 0.717) is 0 Å². The summed E-state index contributed by atoms with van der Waals surface area (Å²) in [6.07, 6.45) is 36.3. The Bertz CT molecular complexity index is 295. The van der Waals surface area contributed by atoms with Crippen LogP contribution in [0.2, 0.25) is 0 Å². The summed E-state index contributed by atoms with van der Waals surface area (Å²) in [7, 11) is 3.75. The van der Waals surface area contributed by atoms with Gasteiger partial charge in [-0.05, 0) is 26.9 Å². The van der Waals surface area contributed by atoms with Gasteiger partial charge in [-0.3, -0.25) is 0 Å². The highest BCUT2D eigenvalue weighted by Gasteiger charge is 2.03. The van der Waals surface area contributed by atoms with Crippen molar-refractivity contribution in [2.75, 3.05) is 14.1 Å². The Balaban J connectivity index is 0. The molecule has 1 N–H and O–H groups in total. The van der Waals surface area contributed by atoms with E-state index in [0.717, 1.165) is 4.83 Å². The van der Waals surface area contributed by atoms with Crippen LogP contribution >= 0.6 is 15.9 Å². The molecule has 2 heteroatoms. The molecule has 1 atom stereocenters. The second-order valence-corrected chi connectivity index (χ2v) is 11.4. The Hall–Kier alpha value is 0.440. The number of nitrogens with one attached hydrogen (secondary N) is 1. The zero-order chi connectivity index (χ0) is 24.0. The Labute approximate surface area is 214 Å². The van der Waals surface area contributed by atoms with Gasteiger partial charge in [0.05, 0.1) is 0 Å². The SMILES string of the molecule is CCCCCCCCCCCCCCCCCC(Br)CCCCCCCCCC.CNC. The van der Waals surface area contributed by atoms with Crippen LogP contribution in [0.4, 0.5) is 0 Å². The lowest BCUT2D eigenvalue weighted by Gasteiger charge is -2.09. The maximum absolute atomic E-state index is 3.92. The predicted molar refractivity (Wildman–Crippen MR) is 154 cm³/mol. The summed E-state index contributed by atoms with van der Waals surface area (Å²) < 4.78 is 0. The van der Waals surface area contributed by atoms with Crippen LogP contribution in [0.5, 0.6) is 0 Å². The van der Waals surface area contributed by atoms with E-state index in [4.69, 9.17) is 0 Å². The summed E-state index contributed by atoms with van der Waals surface area (Å²) in [6, 6.07) is 0. The highest BCUT2D eigenvalue weighted by atomic mass is 79.9. The number of hydrogen-bond donors (Lipinski definition) is 1. The predicted octanol–water partition coefficient (Wildman–Crippen LogP) is 11.4. The van der Waals surface area contributed by atoms with Crippen LogP contribution < -0.4 is 5.32 Å². The van der Waals surface area contributed by atoms with E-state index in [1.807, 2.05) is 14.1 Å². The first-order valence-corrected chi connectivity index (χ1v) is 15.9. The van der Waals surface area contributed by atoms with Crippen molar-refractivity contribution in [2.24, 2.45) is 0 Å². The van der Waals surface area contributed by atoms with E-state index < -0.39 is 0 Å². The number of unbranched alkanes of at least 4 members (excludes halogenated alkanes) is 21. The normalized spacial score (nSPS) is 11.9. The topological polar surface area (TPSA) is 12.0 Å². The Morgan fingerprint density at radius 1 is 0.406 bits per heavy atom. The van der Waals surface area contributed by atoms with E-state index in [2.05, 4.69) is 35.1 Å². The van der Waals surface area contributed by atoms with E-state index in [1.165, 1.54) is 161 Å². The van der Waals surface area contributed by atoms with Crippen molar-refractivity contribution in [2.45, 2.75) is 179 Å². The number of hydrogen-bond acceptors (Lipinski definition) is 1. The van der Waals surface area contributed by atoms with Gasteiger partial charge in [-0.2, -0.15) is 0 Å². The quantitative estimate of drug-likeness (QED) is 0.0936. The third-order valence-corrected chi connectivity index (χ3v) is 7.41. The molecule has 196 valence electrons. The van der Waals surface area contributed by atoms with Gasteiger partial charge in [0, 0.05) is 4.83 Å². The first-order valence-electron chi connectivity index (χ1n) is 14.9. The van der Waals surface area contributed by atoms with Crippen molar-refractivity contribution >= 4 is 15.9 Å². The van der Waals surface area contributed by atoms with E-state index in [1.54, 1.807) is 0 Å². The average Bonchev–Trinajstić information content (AvgIpc) is 2.78. The van der Waals surface area contributed by atoms with Crippen LogP contribution in [0.3, 0.4) is 0 Å². The molecule has 0 fully saturated rings. The standard InChI is InChI=1S/C28H57Br.C2H7N/c1-3-5-7-9-11-13-14-15-16-17-18-19-21-23-25-27-28(29)26-24-22-20-12-10-8-6-4-2;1-3-2/h28H,3-27H2,1-2H3;3H,1-2H3. The summed E-state index contributed by atoms with van der Waals surface area (Å²) in [6.45, 7) is 4.60. The first kappa shape index (κ1) is 34.6. The molecule has 1 unspecified atom stereocenters. The average molecular weight is 519 g/mol. The molecule has 0 aromatic rings. The van der Waals surface area contributed by atoms with Crippen LogP contribution in [0.1, 0.15) is 174 Å². The molecule has 0 aliphatic carbocycles. The van der Waals surface area contributed by atoms with Gasteiger partial charge >= 0.3 is 0 Å². The number of rotatable bonds is 25. The zero-order valence-electron chi connectivity index (χ0n) is 23.1. The van der Waals surface area contributed by atoms with Crippen molar-refractivity contribution in [1.82, 2.24) is 5.32 Å². The van der Waals surface area contributed by atoms with Crippen LogP contribution in [0.25, 0.3) is 0 Å². The second kappa shape index (κ2) is 33.6. The highest BCUT2D eigenvalue weighted by Crippen LogP contribution is 2.20. The lowest BCUT2D eigenvalue weighted by Crippen LogP contribution is -1.97. The minimum absolute atomic E-state index is 0.782. The van der Waals surface area contributed by atoms with Crippen molar-refractivity contribution in [3.8, 4) is 0 Å². The van der Waals surface area contributed by atoms with Crippen LogP contribution in [0.15, 0.2) is 0 Å². The molecular formula is C30H64BrN. The summed E-state index contributed by atoms with van der Waals surface area (Å²) in [5.74, 6) is 0. The van der Waals surface area contributed by atoms with Gasteiger partial charge in [0.1, 0.15) is 0 Å². The van der Waals surface area contributed by atoms with Gasteiger partial charge < -0.3 is 5.32 Å². The monoisotopic (exact) mass is 517 g/mol. The van der Waals surface area contributed by atoms with Gasteiger partial charge in [-0.1, -0.05) is 177 Å². The molecule has 0 spiro atoms. The molecule has 32 heavy (non-hydrogen) atoms. The molecule has 0 amide bonds. The number of halogens is 1. The third kappa shape index (κ3) is 35.0. The van der Waals surface area contributed by atoms with Crippen molar-refractivity contribution < 1.29 is 0 Å². The van der Waals surface area contributed by atoms with Crippen LogP contribution in [-0.4, -0.2) is 18.9 Å². The van der Waals surface area contributed by atoms with Crippen LogP contribution in [-0.2, 0) is 0 Å². The van der Waals surface area contributed by atoms with E-state index >= 15 is 0 Å². The summed E-state index contributed by atoms with van der Waals surface area (Å²) >= 11 is 3.92. The lowest BCUT2D eigenvalue weighted by molar-refractivity contribution is 0.521. The van der Waals surface area contributed by atoms with Crippen LogP contribution in [0, 0.1) is 0 Å². The van der Waals surface area contributed by atoms with E-state index in [9.17, 15) is 0 Å². The third-order valence-electron chi connectivity index (χ3n) is 6.49. The molecule has 0 heterocycles. The minimum Gasteiger partial charge on any atom is -0.323 e. The summed E-state index contributed by atoms with van der Waals surface area (Å²) in [5.41, 5.74) is 0.